The zero-order valence-electron chi connectivity index (χ0n) is 17.3. The molecule has 1 aromatic heterocycles. The summed E-state index contributed by atoms with van der Waals surface area (Å²) in [6, 6.07) is 2.05. The number of pyridine rings is 1. The lowest BCUT2D eigenvalue weighted by Crippen LogP contribution is -2.36. The van der Waals surface area contributed by atoms with Gasteiger partial charge in [0, 0.05) is 32.2 Å². The third-order valence-electron chi connectivity index (χ3n) is 5.32. The number of rotatable bonds is 4. The van der Waals surface area contributed by atoms with Crippen LogP contribution in [-0.4, -0.2) is 39.3 Å². The summed E-state index contributed by atoms with van der Waals surface area (Å²) in [6.07, 6.45) is 5.11. The van der Waals surface area contributed by atoms with Gasteiger partial charge in [-0.1, -0.05) is 37.8 Å². The van der Waals surface area contributed by atoms with E-state index in [1.54, 1.807) is 23.4 Å². The van der Waals surface area contributed by atoms with Gasteiger partial charge in [-0.05, 0) is 43.7 Å². The number of piperidine rings is 1. The molecule has 0 bridgehead atoms. The van der Waals surface area contributed by atoms with Crippen molar-refractivity contribution in [1.29, 1.82) is 5.26 Å². The number of carbonyl (C=O) groups excluding carboxylic acids is 1. The Morgan fingerprint density at radius 3 is 2.48 bits per heavy atom. The number of carbonyl (C=O) groups is 1. The first kappa shape index (κ1) is 21.6. The summed E-state index contributed by atoms with van der Waals surface area (Å²) >= 11 is 6.71. The van der Waals surface area contributed by atoms with Gasteiger partial charge in [-0.2, -0.15) is 5.26 Å². The summed E-state index contributed by atoms with van der Waals surface area (Å²) in [6.45, 7) is 8.17. The van der Waals surface area contributed by atoms with Crippen LogP contribution in [0.4, 0.5) is 5.82 Å². The standard InChI is InChI=1S/C21H26N4O2S2/c1-13(2)12-25-20(27)17(29-21(25)28)10-15-14(3)16(11-22)19(26)23(4)18(15)24-8-6-5-7-9-24/h10,13H,5-9,12H2,1-4H3/b17-10-. The van der Waals surface area contributed by atoms with Crippen molar-refractivity contribution in [2.24, 2.45) is 13.0 Å². The Labute approximate surface area is 181 Å². The Morgan fingerprint density at radius 2 is 1.90 bits per heavy atom. The maximum absolute atomic E-state index is 13.0. The minimum Gasteiger partial charge on any atom is -0.357 e. The van der Waals surface area contributed by atoms with E-state index in [0.29, 0.717) is 27.3 Å². The molecule has 3 rings (SSSR count). The summed E-state index contributed by atoms with van der Waals surface area (Å²) in [7, 11) is 1.70. The number of anilines is 1. The van der Waals surface area contributed by atoms with Crippen LogP contribution >= 0.6 is 24.0 Å². The van der Waals surface area contributed by atoms with E-state index in [-0.39, 0.29) is 17.0 Å². The molecule has 2 saturated heterocycles. The topological polar surface area (TPSA) is 69.3 Å². The van der Waals surface area contributed by atoms with Crippen LogP contribution in [-0.2, 0) is 11.8 Å². The summed E-state index contributed by atoms with van der Waals surface area (Å²) in [5.41, 5.74) is 1.20. The van der Waals surface area contributed by atoms with E-state index < -0.39 is 0 Å². The van der Waals surface area contributed by atoms with E-state index in [1.807, 2.05) is 26.0 Å². The Bertz CT molecular complexity index is 982. The van der Waals surface area contributed by atoms with E-state index >= 15 is 0 Å². The molecule has 0 unspecified atom stereocenters. The van der Waals surface area contributed by atoms with E-state index in [9.17, 15) is 14.9 Å². The molecule has 3 heterocycles. The van der Waals surface area contributed by atoms with Crippen LogP contribution in [0.5, 0.6) is 0 Å². The number of thiocarbonyl (C=S) groups is 1. The molecule has 8 heteroatoms. The van der Waals surface area contributed by atoms with Crippen molar-refractivity contribution in [1.82, 2.24) is 9.47 Å². The molecule has 154 valence electrons. The average Bonchev–Trinajstić information content (AvgIpc) is 2.94. The quantitative estimate of drug-likeness (QED) is 0.539. The summed E-state index contributed by atoms with van der Waals surface area (Å²) < 4.78 is 2.11. The zero-order chi connectivity index (χ0) is 21.3. The van der Waals surface area contributed by atoms with Gasteiger partial charge in [-0.3, -0.25) is 19.1 Å². The SMILES string of the molecule is Cc1c(/C=C2\SC(=S)N(CC(C)C)C2=O)c(N2CCCCC2)n(C)c(=O)c1C#N. The molecule has 0 N–H and O–H groups in total. The normalized spacial score (nSPS) is 18.8. The second-order valence-electron chi connectivity index (χ2n) is 7.95. The number of nitrogens with zero attached hydrogens (tertiary/aromatic N) is 4. The lowest BCUT2D eigenvalue weighted by molar-refractivity contribution is -0.122. The third kappa shape index (κ3) is 4.12. The monoisotopic (exact) mass is 430 g/mol. The number of nitriles is 1. The Hall–Kier alpha value is -2.11. The highest BCUT2D eigenvalue weighted by Gasteiger charge is 2.33. The van der Waals surface area contributed by atoms with Crippen molar-refractivity contribution in [2.75, 3.05) is 24.5 Å². The van der Waals surface area contributed by atoms with Crippen LogP contribution in [0.1, 0.15) is 49.8 Å². The van der Waals surface area contributed by atoms with Gasteiger partial charge in [-0.15, -0.1) is 0 Å². The van der Waals surface area contributed by atoms with Gasteiger partial charge in [0.05, 0.1) is 4.91 Å². The molecule has 6 nitrogen and oxygen atoms in total. The Kier molecular flexibility index (Phi) is 6.49. The molecule has 0 spiro atoms. The van der Waals surface area contributed by atoms with Gasteiger partial charge < -0.3 is 4.90 Å². The summed E-state index contributed by atoms with van der Waals surface area (Å²) in [5.74, 6) is 0.982. The Morgan fingerprint density at radius 1 is 1.24 bits per heavy atom. The molecule has 0 saturated carbocycles. The smallest absolute Gasteiger partial charge is 0.270 e. The molecule has 29 heavy (non-hydrogen) atoms. The molecular weight excluding hydrogens is 404 g/mol. The Balaban J connectivity index is 2.16. The number of amides is 1. The maximum Gasteiger partial charge on any atom is 0.270 e. The van der Waals surface area contributed by atoms with Crippen molar-refractivity contribution in [2.45, 2.75) is 40.0 Å². The van der Waals surface area contributed by atoms with E-state index in [2.05, 4.69) is 4.90 Å². The third-order valence-corrected chi connectivity index (χ3v) is 6.70. The molecular formula is C21H26N4O2S2. The first-order valence-electron chi connectivity index (χ1n) is 9.90. The van der Waals surface area contributed by atoms with E-state index in [1.165, 1.54) is 18.2 Å². The first-order chi connectivity index (χ1) is 13.8. The number of hydrogen-bond donors (Lipinski definition) is 0. The zero-order valence-corrected chi connectivity index (χ0v) is 19.0. The van der Waals surface area contributed by atoms with Crippen molar-refractivity contribution >= 4 is 46.1 Å². The van der Waals surface area contributed by atoms with Gasteiger partial charge >= 0.3 is 0 Å². The fraction of sp³-hybridized carbons (Fsp3) is 0.524. The minimum absolute atomic E-state index is 0.106. The predicted molar refractivity (Wildman–Crippen MR) is 122 cm³/mol. The van der Waals surface area contributed by atoms with Crippen LogP contribution < -0.4 is 10.5 Å². The summed E-state index contributed by atoms with van der Waals surface area (Å²) in [5, 5.41) is 9.55. The van der Waals surface area contributed by atoms with E-state index in [4.69, 9.17) is 12.2 Å². The highest BCUT2D eigenvalue weighted by molar-refractivity contribution is 8.26. The number of thioether (sulfide) groups is 1. The second kappa shape index (κ2) is 8.72. The highest BCUT2D eigenvalue weighted by Crippen LogP contribution is 2.36. The van der Waals surface area contributed by atoms with Gasteiger partial charge in [0.25, 0.3) is 11.5 Å². The average molecular weight is 431 g/mol. The van der Waals surface area contributed by atoms with Crippen molar-refractivity contribution < 1.29 is 4.79 Å². The molecule has 1 aromatic rings. The molecule has 2 aliphatic rings. The van der Waals surface area contributed by atoms with Gasteiger partial charge in [0.2, 0.25) is 0 Å². The fourth-order valence-corrected chi connectivity index (χ4v) is 5.11. The van der Waals surface area contributed by atoms with Crippen molar-refractivity contribution in [3.63, 3.8) is 0 Å². The minimum atomic E-state index is -0.296. The van der Waals surface area contributed by atoms with E-state index in [0.717, 1.165) is 37.3 Å². The molecule has 2 aliphatic heterocycles. The highest BCUT2D eigenvalue weighted by atomic mass is 32.2. The van der Waals surface area contributed by atoms with Gasteiger partial charge in [-0.25, -0.2) is 0 Å². The van der Waals surface area contributed by atoms with Crippen molar-refractivity contribution in [3.8, 4) is 6.07 Å². The fourth-order valence-electron chi connectivity index (χ4n) is 3.85. The summed E-state index contributed by atoms with van der Waals surface area (Å²) in [4.78, 5) is 30.1. The predicted octanol–water partition coefficient (Wildman–Crippen LogP) is 3.41. The largest absolute Gasteiger partial charge is 0.357 e. The molecule has 0 aliphatic carbocycles. The molecule has 0 aromatic carbocycles. The molecule has 0 radical (unpaired) electrons. The first-order valence-corrected chi connectivity index (χ1v) is 11.1. The number of hydrogen-bond acceptors (Lipinski definition) is 6. The van der Waals surface area contributed by atoms with Crippen LogP contribution in [0.15, 0.2) is 9.70 Å². The van der Waals surface area contributed by atoms with Crippen LogP contribution in [0.3, 0.4) is 0 Å². The van der Waals surface area contributed by atoms with Crippen LogP contribution in [0.2, 0.25) is 0 Å². The molecule has 0 atom stereocenters. The van der Waals surface area contributed by atoms with Crippen LogP contribution in [0.25, 0.3) is 6.08 Å². The molecule has 1 amide bonds. The van der Waals surface area contributed by atoms with Crippen LogP contribution in [0, 0.1) is 24.2 Å². The van der Waals surface area contributed by atoms with Gasteiger partial charge in [0.15, 0.2) is 0 Å². The lowest BCUT2D eigenvalue weighted by atomic mass is 10.0. The van der Waals surface area contributed by atoms with Gasteiger partial charge in [0.1, 0.15) is 21.8 Å². The number of aromatic nitrogens is 1. The maximum atomic E-state index is 13.0. The second-order valence-corrected chi connectivity index (χ2v) is 9.62. The van der Waals surface area contributed by atoms with Crippen molar-refractivity contribution in [3.05, 3.63) is 31.9 Å². The lowest BCUT2D eigenvalue weighted by Gasteiger charge is -2.32. The molecule has 2 fully saturated rings.